The van der Waals surface area contributed by atoms with Crippen LogP contribution in [0.5, 0.6) is 0 Å². The Labute approximate surface area is 101 Å². The summed E-state index contributed by atoms with van der Waals surface area (Å²) in [4.78, 5) is 21.0. The number of carboxylic acid groups (broad SMARTS) is 1. The van der Waals surface area contributed by atoms with E-state index in [9.17, 15) is 9.59 Å². The van der Waals surface area contributed by atoms with Crippen molar-refractivity contribution in [2.75, 3.05) is 19.8 Å². The zero-order valence-electron chi connectivity index (χ0n) is 10.2. The first-order valence-electron chi connectivity index (χ1n) is 5.82. The number of rotatable bonds is 10. The van der Waals surface area contributed by atoms with Crippen molar-refractivity contribution >= 4 is 11.9 Å². The van der Waals surface area contributed by atoms with Crippen molar-refractivity contribution in [2.24, 2.45) is 0 Å². The topological polar surface area (TPSA) is 72.8 Å². The van der Waals surface area contributed by atoms with Crippen LogP contribution in [0.1, 0.15) is 32.6 Å². The average Bonchev–Trinajstić information content (AvgIpc) is 2.30. The lowest BCUT2D eigenvalue weighted by molar-refractivity contribution is -0.140. The first kappa shape index (κ1) is 15.6. The lowest BCUT2D eigenvalue weighted by atomic mass is 10.2. The molecule has 1 N–H and O–H groups in total. The Morgan fingerprint density at radius 1 is 1.06 bits per heavy atom. The normalized spacial score (nSPS) is 10.6. The van der Waals surface area contributed by atoms with Crippen LogP contribution in [0.4, 0.5) is 0 Å². The molecule has 0 saturated heterocycles. The van der Waals surface area contributed by atoms with E-state index in [1.54, 1.807) is 0 Å². The molecular weight excluding hydrogens is 224 g/mol. The smallest absolute Gasteiger partial charge is 0.331 e. The summed E-state index contributed by atoms with van der Waals surface area (Å²) in [7, 11) is 0. The summed E-state index contributed by atoms with van der Waals surface area (Å²) >= 11 is 0. The van der Waals surface area contributed by atoms with Crippen molar-refractivity contribution in [3.05, 3.63) is 12.2 Å². The van der Waals surface area contributed by atoms with Crippen molar-refractivity contribution in [1.82, 2.24) is 0 Å². The summed E-state index contributed by atoms with van der Waals surface area (Å²) in [5.41, 5.74) is 0. The molecule has 0 unspecified atom stereocenters. The minimum atomic E-state index is -1.17. The van der Waals surface area contributed by atoms with Gasteiger partial charge in [0, 0.05) is 18.8 Å². The number of esters is 1. The summed E-state index contributed by atoms with van der Waals surface area (Å²) in [5.74, 6) is -1.84. The van der Waals surface area contributed by atoms with Crippen molar-refractivity contribution in [2.45, 2.75) is 32.6 Å². The predicted molar refractivity (Wildman–Crippen MR) is 62.7 cm³/mol. The summed E-state index contributed by atoms with van der Waals surface area (Å²) in [5, 5.41) is 8.26. The summed E-state index contributed by atoms with van der Waals surface area (Å²) in [6, 6.07) is 0. The van der Waals surface area contributed by atoms with Crippen LogP contribution in [0.15, 0.2) is 12.2 Å². The quantitative estimate of drug-likeness (QED) is 0.360. The van der Waals surface area contributed by atoms with Crippen LogP contribution in [-0.2, 0) is 19.1 Å². The highest BCUT2D eigenvalue weighted by molar-refractivity contribution is 5.90. The number of hydrogen-bond acceptors (Lipinski definition) is 4. The standard InChI is InChI=1S/C12H20O5/c1-2-3-4-5-8-16-9-10-17-12(15)7-6-11(13)14/h6-7H,2-5,8-10H2,1H3,(H,13,14)/b7-6-. The summed E-state index contributed by atoms with van der Waals surface area (Å²) in [6.07, 6.45) is 6.18. The predicted octanol–water partition coefficient (Wildman–Crippen LogP) is 1.77. The number of ether oxygens (including phenoxy) is 2. The zero-order valence-corrected chi connectivity index (χ0v) is 10.2. The van der Waals surface area contributed by atoms with E-state index in [1.807, 2.05) is 0 Å². The molecule has 17 heavy (non-hydrogen) atoms. The molecule has 0 amide bonds. The van der Waals surface area contributed by atoms with Gasteiger partial charge in [-0.2, -0.15) is 0 Å². The zero-order chi connectivity index (χ0) is 12.9. The van der Waals surface area contributed by atoms with Gasteiger partial charge in [-0.15, -0.1) is 0 Å². The molecule has 98 valence electrons. The van der Waals surface area contributed by atoms with E-state index < -0.39 is 11.9 Å². The molecule has 0 saturated carbocycles. The van der Waals surface area contributed by atoms with Gasteiger partial charge in [-0.25, -0.2) is 9.59 Å². The maximum atomic E-state index is 10.9. The SMILES string of the molecule is CCCCCCOCCOC(=O)/C=C\C(=O)O. The van der Waals surface area contributed by atoms with Crippen molar-refractivity contribution < 1.29 is 24.2 Å². The lowest BCUT2D eigenvalue weighted by Crippen LogP contribution is -2.09. The van der Waals surface area contributed by atoms with Gasteiger partial charge in [-0.05, 0) is 6.42 Å². The van der Waals surface area contributed by atoms with E-state index in [1.165, 1.54) is 12.8 Å². The fourth-order valence-electron chi connectivity index (χ4n) is 1.12. The van der Waals surface area contributed by atoms with E-state index in [2.05, 4.69) is 6.92 Å². The number of aliphatic carboxylic acids is 1. The van der Waals surface area contributed by atoms with Crippen LogP contribution in [0.25, 0.3) is 0 Å². The lowest BCUT2D eigenvalue weighted by Gasteiger charge is -2.04. The second-order valence-corrected chi connectivity index (χ2v) is 3.51. The molecule has 0 aliphatic carbocycles. The molecule has 0 aromatic rings. The molecule has 0 rings (SSSR count). The van der Waals surface area contributed by atoms with Gasteiger partial charge in [0.1, 0.15) is 6.61 Å². The van der Waals surface area contributed by atoms with E-state index in [0.29, 0.717) is 13.2 Å². The van der Waals surface area contributed by atoms with Gasteiger partial charge in [0.25, 0.3) is 0 Å². The Morgan fingerprint density at radius 2 is 1.82 bits per heavy atom. The molecule has 0 aromatic carbocycles. The van der Waals surface area contributed by atoms with Crippen LogP contribution >= 0.6 is 0 Å². The second-order valence-electron chi connectivity index (χ2n) is 3.51. The van der Waals surface area contributed by atoms with E-state index in [-0.39, 0.29) is 6.61 Å². The van der Waals surface area contributed by atoms with Gasteiger partial charge in [0.2, 0.25) is 0 Å². The third-order valence-electron chi connectivity index (χ3n) is 1.98. The van der Waals surface area contributed by atoms with Gasteiger partial charge in [0.15, 0.2) is 0 Å². The van der Waals surface area contributed by atoms with Gasteiger partial charge >= 0.3 is 11.9 Å². The molecule has 0 spiro atoms. The molecule has 0 radical (unpaired) electrons. The maximum absolute atomic E-state index is 10.9. The molecule has 0 aromatic heterocycles. The minimum Gasteiger partial charge on any atom is -0.478 e. The Hall–Kier alpha value is -1.36. The monoisotopic (exact) mass is 244 g/mol. The highest BCUT2D eigenvalue weighted by Crippen LogP contribution is 1.98. The Bertz CT molecular complexity index is 247. The Kier molecular flexibility index (Phi) is 10.2. The fourth-order valence-corrected chi connectivity index (χ4v) is 1.12. The van der Waals surface area contributed by atoms with Crippen LogP contribution in [-0.4, -0.2) is 36.9 Å². The summed E-state index contributed by atoms with van der Waals surface area (Å²) < 4.78 is 9.94. The second kappa shape index (κ2) is 11.1. The highest BCUT2D eigenvalue weighted by Gasteiger charge is 1.98. The van der Waals surface area contributed by atoms with Crippen molar-refractivity contribution in [1.29, 1.82) is 0 Å². The maximum Gasteiger partial charge on any atom is 0.331 e. The largest absolute Gasteiger partial charge is 0.478 e. The van der Waals surface area contributed by atoms with Crippen LogP contribution in [0, 0.1) is 0 Å². The number of unbranched alkanes of at least 4 members (excludes halogenated alkanes) is 3. The number of carbonyl (C=O) groups is 2. The first-order chi connectivity index (χ1) is 8.16. The molecule has 0 aliphatic rings. The van der Waals surface area contributed by atoms with E-state index >= 15 is 0 Å². The highest BCUT2D eigenvalue weighted by atomic mass is 16.6. The van der Waals surface area contributed by atoms with Gasteiger partial charge in [0.05, 0.1) is 6.61 Å². The van der Waals surface area contributed by atoms with Crippen molar-refractivity contribution in [3.63, 3.8) is 0 Å². The number of carboxylic acids is 1. The third-order valence-corrected chi connectivity index (χ3v) is 1.98. The molecule has 5 nitrogen and oxygen atoms in total. The molecule has 0 fully saturated rings. The summed E-state index contributed by atoms with van der Waals surface area (Å²) in [6.45, 7) is 3.31. The molecule has 5 heteroatoms. The molecule has 0 aliphatic heterocycles. The van der Waals surface area contributed by atoms with E-state index in [4.69, 9.17) is 14.6 Å². The fraction of sp³-hybridized carbons (Fsp3) is 0.667. The molecule has 0 bridgehead atoms. The van der Waals surface area contributed by atoms with Crippen LogP contribution < -0.4 is 0 Å². The van der Waals surface area contributed by atoms with Gasteiger partial charge in [-0.1, -0.05) is 26.2 Å². The number of hydrogen-bond donors (Lipinski definition) is 1. The first-order valence-corrected chi connectivity index (χ1v) is 5.82. The number of carbonyl (C=O) groups excluding carboxylic acids is 1. The van der Waals surface area contributed by atoms with E-state index in [0.717, 1.165) is 25.0 Å². The minimum absolute atomic E-state index is 0.149. The molecular formula is C12H20O5. The average molecular weight is 244 g/mol. The van der Waals surface area contributed by atoms with Crippen molar-refractivity contribution in [3.8, 4) is 0 Å². The Morgan fingerprint density at radius 3 is 2.47 bits per heavy atom. The molecule has 0 heterocycles. The Balaban J connectivity index is 3.28. The van der Waals surface area contributed by atoms with Gasteiger partial charge < -0.3 is 14.6 Å². The van der Waals surface area contributed by atoms with Crippen LogP contribution in [0.2, 0.25) is 0 Å². The molecule has 0 atom stereocenters. The van der Waals surface area contributed by atoms with Gasteiger partial charge in [-0.3, -0.25) is 0 Å². The third kappa shape index (κ3) is 12.6. The van der Waals surface area contributed by atoms with Crippen LogP contribution in [0.3, 0.4) is 0 Å².